The van der Waals surface area contributed by atoms with Crippen LogP contribution < -0.4 is 19.5 Å². The summed E-state index contributed by atoms with van der Waals surface area (Å²) < 4.78 is 16.1. The first-order chi connectivity index (χ1) is 10.2. The third kappa shape index (κ3) is 3.25. The van der Waals surface area contributed by atoms with E-state index in [0.29, 0.717) is 0 Å². The van der Waals surface area contributed by atoms with Crippen molar-refractivity contribution in [3.05, 3.63) is 47.8 Å². The second kappa shape index (κ2) is 6.95. The molecule has 1 heterocycles. The summed E-state index contributed by atoms with van der Waals surface area (Å²) in [6, 6.07) is 7.69. The van der Waals surface area contributed by atoms with Crippen LogP contribution in [-0.4, -0.2) is 33.4 Å². The predicted octanol–water partition coefficient (Wildman–Crippen LogP) is 2.42. The highest BCUT2D eigenvalue weighted by Crippen LogP contribution is 2.33. The van der Waals surface area contributed by atoms with Crippen molar-refractivity contribution in [1.29, 1.82) is 0 Å². The van der Waals surface area contributed by atoms with E-state index in [2.05, 4.69) is 10.3 Å². The van der Waals surface area contributed by atoms with Gasteiger partial charge in [0.1, 0.15) is 17.2 Å². The van der Waals surface area contributed by atoms with Crippen molar-refractivity contribution in [2.45, 2.75) is 6.04 Å². The first-order valence-electron chi connectivity index (χ1n) is 6.61. The summed E-state index contributed by atoms with van der Waals surface area (Å²) >= 11 is 0. The zero-order chi connectivity index (χ0) is 15.2. The Morgan fingerprint density at radius 1 is 1.00 bits per heavy atom. The minimum absolute atomic E-state index is 0.0491. The molecular formula is C16H20N2O3. The quantitative estimate of drug-likeness (QED) is 0.884. The summed E-state index contributed by atoms with van der Waals surface area (Å²) in [5.74, 6) is 2.23. The van der Waals surface area contributed by atoms with Gasteiger partial charge in [-0.2, -0.15) is 0 Å². The second-order valence-electron chi connectivity index (χ2n) is 4.49. The largest absolute Gasteiger partial charge is 0.497 e. The number of rotatable bonds is 6. The molecule has 1 unspecified atom stereocenters. The van der Waals surface area contributed by atoms with Crippen LogP contribution in [0.1, 0.15) is 17.2 Å². The molecule has 1 atom stereocenters. The number of methoxy groups -OCH3 is 3. The highest BCUT2D eigenvalue weighted by Gasteiger charge is 2.18. The molecule has 0 saturated carbocycles. The Hall–Kier alpha value is -2.27. The molecular weight excluding hydrogens is 268 g/mol. The Balaban J connectivity index is 2.50. The summed E-state index contributed by atoms with van der Waals surface area (Å²) in [6.07, 6.45) is 3.46. The number of benzene rings is 1. The van der Waals surface area contributed by atoms with E-state index in [1.807, 2.05) is 31.3 Å². The number of ether oxygens (including phenoxy) is 3. The molecule has 0 fully saturated rings. The Morgan fingerprint density at radius 3 is 2.19 bits per heavy atom. The summed E-state index contributed by atoms with van der Waals surface area (Å²) in [5, 5.41) is 3.29. The lowest BCUT2D eigenvalue weighted by molar-refractivity contribution is 0.391. The molecule has 0 aliphatic heterocycles. The number of nitrogens with one attached hydrogen (secondary N) is 1. The van der Waals surface area contributed by atoms with Gasteiger partial charge < -0.3 is 19.5 Å². The molecule has 2 rings (SSSR count). The third-order valence-electron chi connectivity index (χ3n) is 3.34. The van der Waals surface area contributed by atoms with Crippen molar-refractivity contribution in [2.75, 3.05) is 28.4 Å². The molecule has 1 aromatic heterocycles. The van der Waals surface area contributed by atoms with Crippen molar-refractivity contribution in [2.24, 2.45) is 0 Å². The minimum atomic E-state index is -0.0491. The molecule has 0 spiro atoms. The van der Waals surface area contributed by atoms with E-state index < -0.39 is 0 Å². The third-order valence-corrected chi connectivity index (χ3v) is 3.34. The molecule has 21 heavy (non-hydrogen) atoms. The predicted molar refractivity (Wildman–Crippen MR) is 81.2 cm³/mol. The Bertz CT molecular complexity index is 580. The van der Waals surface area contributed by atoms with E-state index in [-0.39, 0.29) is 6.04 Å². The summed E-state index contributed by atoms with van der Waals surface area (Å²) in [6.45, 7) is 0. The highest BCUT2D eigenvalue weighted by molar-refractivity contribution is 5.45. The van der Waals surface area contributed by atoms with Crippen LogP contribution in [0.2, 0.25) is 0 Å². The summed E-state index contributed by atoms with van der Waals surface area (Å²) in [7, 11) is 6.82. The average Bonchev–Trinajstić information content (AvgIpc) is 2.55. The minimum Gasteiger partial charge on any atom is -0.497 e. The maximum absolute atomic E-state index is 5.40. The van der Waals surface area contributed by atoms with E-state index in [4.69, 9.17) is 14.2 Å². The van der Waals surface area contributed by atoms with E-state index in [1.165, 1.54) is 0 Å². The molecule has 5 heteroatoms. The van der Waals surface area contributed by atoms with Gasteiger partial charge in [-0.25, -0.2) is 0 Å². The lowest BCUT2D eigenvalue weighted by Gasteiger charge is -2.20. The van der Waals surface area contributed by atoms with Crippen LogP contribution in [0, 0.1) is 0 Å². The fourth-order valence-electron chi connectivity index (χ4n) is 2.30. The fourth-order valence-corrected chi connectivity index (χ4v) is 2.30. The highest BCUT2D eigenvalue weighted by atomic mass is 16.5. The van der Waals surface area contributed by atoms with Crippen LogP contribution in [0.4, 0.5) is 0 Å². The average molecular weight is 288 g/mol. The van der Waals surface area contributed by atoms with E-state index >= 15 is 0 Å². The number of aromatic nitrogens is 1. The van der Waals surface area contributed by atoms with Gasteiger partial charge in [-0.3, -0.25) is 4.98 Å². The summed E-state index contributed by atoms with van der Waals surface area (Å²) in [5.41, 5.74) is 2.03. The lowest BCUT2D eigenvalue weighted by atomic mass is 9.98. The van der Waals surface area contributed by atoms with Gasteiger partial charge in [-0.1, -0.05) is 0 Å². The van der Waals surface area contributed by atoms with Gasteiger partial charge in [0.05, 0.1) is 33.6 Å². The maximum atomic E-state index is 5.40. The number of hydrogen-bond donors (Lipinski definition) is 1. The maximum Gasteiger partial charge on any atom is 0.142 e. The zero-order valence-corrected chi connectivity index (χ0v) is 12.7. The van der Waals surface area contributed by atoms with Gasteiger partial charge in [-0.15, -0.1) is 0 Å². The Labute approximate surface area is 124 Å². The number of nitrogens with zero attached hydrogens (tertiary/aromatic N) is 1. The van der Waals surface area contributed by atoms with Crippen LogP contribution >= 0.6 is 0 Å². The first-order valence-corrected chi connectivity index (χ1v) is 6.61. The molecule has 0 saturated heterocycles. The van der Waals surface area contributed by atoms with Gasteiger partial charge in [0.25, 0.3) is 0 Å². The normalized spacial score (nSPS) is 11.8. The molecule has 1 N–H and O–H groups in total. The van der Waals surface area contributed by atoms with Crippen molar-refractivity contribution in [1.82, 2.24) is 10.3 Å². The lowest BCUT2D eigenvalue weighted by Crippen LogP contribution is -2.18. The van der Waals surface area contributed by atoms with Gasteiger partial charge >= 0.3 is 0 Å². The number of pyridine rings is 1. The second-order valence-corrected chi connectivity index (χ2v) is 4.49. The molecule has 0 radical (unpaired) electrons. The smallest absolute Gasteiger partial charge is 0.142 e. The van der Waals surface area contributed by atoms with Crippen molar-refractivity contribution in [3.63, 3.8) is 0 Å². The molecule has 5 nitrogen and oxygen atoms in total. The molecule has 0 amide bonds. The van der Waals surface area contributed by atoms with Gasteiger partial charge in [0, 0.05) is 17.8 Å². The first kappa shape index (κ1) is 15.1. The van der Waals surface area contributed by atoms with Crippen LogP contribution in [0.5, 0.6) is 17.2 Å². The Kier molecular flexibility index (Phi) is 5.00. The number of hydrogen-bond acceptors (Lipinski definition) is 5. The van der Waals surface area contributed by atoms with E-state index in [9.17, 15) is 0 Å². The topological polar surface area (TPSA) is 52.6 Å². The van der Waals surface area contributed by atoms with E-state index in [0.717, 1.165) is 28.4 Å². The standard InChI is InChI=1S/C16H20N2O3/c1-17-16(14-5-6-18-10-15(14)21-4)11-7-12(19-2)9-13(8-11)20-3/h5-10,16-17H,1-4H3. The SMILES string of the molecule is CNC(c1cc(OC)cc(OC)c1)c1ccncc1OC. The molecule has 1 aromatic carbocycles. The molecule has 0 bridgehead atoms. The molecule has 0 aliphatic rings. The van der Waals surface area contributed by atoms with Gasteiger partial charge in [0.2, 0.25) is 0 Å². The molecule has 112 valence electrons. The molecule has 0 aliphatic carbocycles. The van der Waals surface area contributed by atoms with Crippen LogP contribution in [-0.2, 0) is 0 Å². The molecule has 2 aromatic rings. The van der Waals surface area contributed by atoms with Crippen LogP contribution in [0.15, 0.2) is 36.7 Å². The monoisotopic (exact) mass is 288 g/mol. The van der Waals surface area contributed by atoms with Crippen molar-refractivity contribution < 1.29 is 14.2 Å². The van der Waals surface area contributed by atoms with Crippen LogP contribution in [0.25, 0.3) is 0 Å². The fraction of sp³-hybridized carbons (Fsp3) is 0.312. The van der Waals surface area contributed by atoms with E-state index in [1.54, 1.807) is 33.7 Å². The van der Waals surface area contributed by atoms with Gasteiger partial charge in [-0.05, 0) is 30.8 Å². The van der Waals surface area contributed by atoms with Crippen molar-refractivity contribution in [3.8, 4) is 17.2 Å². The summed E-state index contributed by atoms with van der Waals surface area (Å²) in [4.78, 5) is 4.09. The van der Waals surface area contributed by atoms with Crippen molar-refractivity contribution >= 4 is 0 Å². The van der Waals surface area contributed by atoms with Gasteiger partial charge in [0.15, 0.2) is 0 Å². The zero-order valence-electron chi connectivity index (χ0n) is 12.7. The van der Waals surface area contributed by atoms with Crippen LogP contribution in [0.3, 0.4) is 0 Å². The Morgan fingerprint density at radius 2 is 1.67 bits per heavy atom.